The van der Waals surface area contributed by atoms with Crippen molar-refractivity contribution in [3.8, 4) is 0 Å². The fourth-order valence-electron chi connectivity index (χ4n) is 2.38. The van der Waals surface area contributed by atoms with Crippen molar-refractivity contribution in [3.63, 3.8) is 0 Å². The topological polar surface area (TPSA) is 139 Å². The van der Waals surface area contributed by atoms with Gasteiger partial charge in [-0.2, -0.15) is 0 Å². The number of nitrogens with one attached hydrogen (secondary N) is 3. The summed E-state index contributed by atoms with van der Waals surface area (Å²) in [5.41, 5.74) is 7.61. The molecule has 0 bridgehead atoms. The molecule has 0 fully saturated rings. The van der Waals surface area contributed by atoms with Crippen LogP contribution in [-0.4, -0.2) is 32.7 Å². The van der Waals surface area contributed by atoms with Gasteiger partial charge in [0.2, 0.25) is 11.0 Å². The van der Waals surface area contributed by atoms with E-state index < -0.39 is 16.7 Å². The van der Waals surface area contributed by atoms with Gasteiger partial charge in [-0.25, -0.2) is 0 Å². The zero-order valence-corrected chi connectivity index (χ0v) is 18.2. The largest absolute Gasteiger partial charge is 0.330 e. The predicted molar refractivity (Wildman–Crippen MR) is 119 cm³/mol. The summed E-state index contributed by atoms with van der Waals surface area (Å²) < 4.78 is 0.589. The Labute approximate surface area is 185 Å². The van der Waals surface area contributed by atoms with Crippen molar-refractivity contribution in [1.29, 1.82) is 0 Å². The molecular formula is C19H18N6O4S2. The second-order valence-electron chi connectivity index (χ2n) is 6.40. The van der Waals surface area contributed by atoms with Crippen LogP contribution in [0.3, 0.4) is 0 Å². The number of non-ortho nitro benzene ring substituents is 1. The zero-order valence-electron chi connectivity index (χ0n) is 16.5. The molecule has 1 aromatic heterocycles. The predicted octanol–water partition coefficient (Wildman–Crippen LogP) is 3.36. The Morgan fingerprint density at radius 3 is 2.65 bits per heavy atom. The van der Waals surface area contributed by atoms with Crippen molar-refractivity contribution in [2.75, 3.05) is 11.1 Å². The Morgan fingerprint density at radius 2 is 1.90 bits per heavy atom. The van der Waals surface area contributed by atoms with Gasteiger partial charge in [0.25, 0.3) is 11.6 Å². The lowest BCUT2D eigenvalue weighted by atomic mass is 10.1. The SMILES string of the molecule is Cc1ccc(Nc2nnc(SCC(=O)NNC(=O)c3cccc([N+](=O)[O-])c3)s2)cc1C. The molecule has 1 heterocycles. The third-order valence-corrected chi connectivity index (χ3v) is 6.10. The van der Waals surface area contributed by atoms with Crippen molar-refractivity contribution in [1.82, 2.24) is 21.0 Å². The van der Waals surface area contributed by atoms with Gasteiger partial charge in [0.05, 0.1) is 10.7 Å². The van der Waals surface area contributed by atoms with Crippen LogP contribution in [0.2, 0.25) is 0 Å². The molecule has 12 heteroatoms. The minimum absolute atomic E-state index is 0.00743. The average Bonchev–Trinajstić information content (AvgIpc) is 3.20. The van der Waals surface area contributed by atoms with Gasteiger partial charge in [-0.05, 0) is 43.2 Å². The maximum Gasteiger partial charge on any atom is 0.270 e. The van der Waals surface area contributed by atoms with Crippen molar-refractivity contribution in [2.24, 2.45) is 0 Å². The molecule has 0 unspecified atom stereocenters. The summed E-state index contributed by atoms with van der Waals surface area (Å²) in [5.74, 6) is -1.10. The van der Waals surface area contributed by atoms with E-state index in [-0.39, 0.29) is 17.0 Å². The molecule has 3 aromatic rings. The summed E-state index contributed by atoms with van der Waals surface area (Å²) in [5, 5.41) is 22.6. The molecule has 0 saturated heterocycles. The maximum atomic E-state index is 12.0. The fraction of sp³-hybridized carbons (Fsp3) is 0.158. The van der Waals surface area contributed by atoms with Crippen molar-refractivity contribution < 1.29 is 14.5 Å². The third-order valence-electron chi connectivity index (χ3n) is 4.13. The number of thioether (sulfide) groups is 1. The molecule has 0 spiro atoms. The van der Waals surface area contributed by atoms with Gasteiger partial charge in [0.1, 0.15) is 0 Å². The van der Waals surface area contributed by atoms with Gasteiger partial charge in [-0.3, -0.25) is 30.6 Å². The van der Waals surface area contributed by atoms with Gasteiger partial charge in [-0.1, -0.05) is 35.2 Å². The highest BCUT2D eigenvalue weighted by atomic mass is 32.2. The van der Waals surface area contributed by atoms with Crippen LogP contribution in [-0.2, 0) is 4.79 Å². The van der Waals surface area contributed by atoms with Gasteiger partial charge in [-0.15, -0.1) is 10.2 Å². The highest BCUT2D eigenvalue weighted by Gasteiger charge is 2.13. The second kappa shape index (κ2) is 10.00. The van der Waals surface area contributed by atoms with Crippen molar-refractivity contribution in [3.05, 3.63) is 69.3 Å². The Bertz CT molecular complexity index is 1130. The van der Waals surface area contributed by atoms with E-state index in [0.29, 0.717) is 9.47 Å². The van der Waals surface area contributed by atoms with E-state index in [1.165, 1.54) is 46.9 Å². The minimum atomic E-state index is -0.655. The van der Waals surface area contributed by atoms with E-state index in [4.69, 9.17) is 0 Å². The molecule has 2 amide bonds. The van der Waals surface area contributed by atoms with E-state index >= 15 is 0 Å². The standard InChI is InChI=1S/C19H18N6O4S2/c1-11-6-7-14(8-12(11)2)20-18-23-24-19(31-18)30-10-16(26)21-22-17(27)13-4-3-5-15(9-13)25(28)29/h3-9H,10H2,1-2H3,(H,20,23)(H,21,26)(H,22,27). The maximum absolute atomic E-state index is 12.0. The second-order valence-corrected chi connectivity index (χ2v) is 8.60. The van der Waals surface area contributed by atoms with Gasteiger partial charge >= 0.3 is 0 Å². The molecule has 0 atom stereocenters. The quantitative estimate of drug-likeness (QED) is 0.278. The molecule has 0 aliphatic heterocycles. The monoisotopic (exact) mass is 458 g/mol. The number of benzene rings is 2. The number of anilines is 2. The van der Waals surface area contributed by atoms with Gasteiger partial charge in [0.15, 0.2) is 4.34 Å². The minimum Gasteiger partial charge on any atom is -0.330 e. The first-order valence-electron chi connectivity index (χ1n) is 8.96. The summed E-state index contributed by atoms with van der Waals surface area (Å²) in [6.07, 6.45) is 0. The molecule has 160 valence electrons. The lowest BCUT2D eigenvalue weighted by Crippen LogP contribution is -2.42. The molecule has 0 aliphatic rings. The third kappa shape index (κ3) is 6.23. The van der Waals surface area contributed by atoms with E-state index in [0.717, 1.165) is 17.3 Å². The number of nitrogens with zero attached hydrogens (tertiary/aromatic N) is 3. The summed E-state index contributed by atoms with van der Waals surface area (Å²) in [7, 11) is 0. The molecule has 2 aromatic carbocycles. The summed E-state index contributed by atoms with van der Waals surface area (Å²) in [4.78, 5) is 34.2. The number of amides is 2. The Kier molecular flexibility index (Phi) is 7.15. The van der Waals surface area contributed by atoms with E-state index in [9.17, 15) is 19.7 Å². The van der Waals surface area contributed by atoms with E-state index in [2.05, 4.69) is 26.4 Å². The number of aryl methyl sites for hydroxylation is 2. The number of hydrazine groups is 1. The van der Waals surface area contributed by atoms with Crippen LogP contribution < -0.4 is 16.2 Å². The lowest BCUT2D eigenvalue weighted by Gasteiger charge is -2.06. The number of hydrogen-bond donors (Lipinski definition) is 3. The molecule has 0 radical (unpaired) electrons. The molecular weight excluding hydrogens is 440 g/mol. The fourth-order valence-corrected chi connectivity index (χ4v) is 3.96. The first kappa shape index (κ1) is 22.2. The van der Waals surface area contributed by atoms with Crippen molar-refractivity contribution >= 4 is 51.4 Å². The van der Waals surface area contributed by atoms with Crippen LogP contribution in [0.5, 0.6) is 0 Å². The zero-order chi connectivity index (χ0) is 22.4. The molecule has 10 nitrogen and oxygen atoms in total. The molecule has 31 heavy (non-hydrogen) atoms. The summed E-state index contributed by atoms with van der Waals surface area (Å²) in [6, 6.07) is 11.2. The summed E-state index contributed by atoms with van der Waals surface area (Å²) in [6.45, 7) is 4.06. The molecule has 0 aliphatic carbocycles. The number of nitro groups is 1. The van der Waals surface area contributed by atoms with Crippen LogP contribution >= 0.6 is 23.1 Å². The highest BCUT2D eigenvalue weighted by Crippen LogP contribution is 2.28. The van der Waals surface area contributed by atoms with Gasteiger partial charge < -0.3 is 5.32 Å². The van der Waals surface area contributed by atoms with E-state index in [1.54, 1.807) is 0 Å². The van der Waals surface area contributed by atoms with Crippen LogP contribution in [0.25, 0.3) is 0 Å². The smallest absolute Gasteiger partial charge is 0.270 e. The van der Waals surface area contributed by atoms with Crippen molar-refractivity contribution in [2.45, 2.75) is 18.2 Å². The number of carbonyl (C=O) groups excluding carboxylic acids is 2. The Balaban J connectivity index is 1.46. The summed E-state index contributed by atoms with van der Waals surface area (Å²) >= 11 is 2.48. The van der Waals surface area contributed by atoms with Crippen LogP contribution in [0.1, 0.15) is 21.5 Å². The lowest BCUT2D eigenvalue weighted by molar-refractivity contribution is -0.384. The normalized spacial score (nSPS) is 10.4. The Morgan fingerprint density at radius 1 is 1.10 bits per heavy atom. The van der Waals surface area contributed by atoms with E-state index in [1.807, 2.05) is 32.0 Å². The molecule has 3 N–H and O–H groups in total. The van der Waals surface area contributed by atoms with Crippen LogP contribution in [0, 0.1) is 24.0 Å². The number of carbonyl (C=O) groups is 2. The first-order chi connectivity index (χ1) is 14.8. The van der Waals surface area contributed by atoms with Crippen LogP contribution in [0.15, 0.2) is 46.8 Å². The number of hydrogen-bond acceptors (Lipinski definition) is 9. The molecule has 0 saturated carbocycles. The number of aromatic nitrogens is 2. The number of nitro benzene ring substituents is 1. The van der Waals surface area contributed by atoms with Crippen LogP contribution in [0.4, 0.5) is 16.5 Å². The number of rotatable bonds is 7. The average molecular weight is 459 g/mol. The first-order valence-corrected chi connectivity index (χ1v) is 10.8. The highest BCUT2D eigenvalue weighted by molar-refractivity contribution is 8.01. The molecule has 3 rings (SSSR count). The van der Waals surface area contributed by atoms with Gasteiger partial charge in [0, 0.05) is 23.4 Å². The Hall–Kier alpha value is -3.51.